The molecular formula is C20H25N3O8. The predicted molar refractivity (Wildman–Crippen MR) is 108 cm³/mol. The third-order valence-electron chi connectivity index (χ3n) is 3.54. The van der Waals surface area contributed by atoms with E-state index in [1.807, 2.05) is 6.07 Å². The number of aliphatic carboxylic acids is 1. The van der Waals surface area contributed by atoms with Crippen molar-refractivity contribution in [2.24, 2.45) is 0 Å². The predicted octanol–water partition coefficient (Wildman–Crippen LogP) is 0.108. The highest BCUT2D eigenvalue weighted by molar-refractivity contribution is 5.87. The number of carbonyl (C=O) groups excluding carboxylic acids is 4. The maximum atomic E-state index is 11.9. The Morgan fingerprint density at radius 1 is 1.00 bits per heavy atom. The van der Waals surface area contributed by atoms with Gasteiger partial charge in [-0.2, -0.15) is 0 Å². The molecule has 0 heterocycles. The summed E-state index contributed by atoms with van der Waals surface area (Å²) in [5, 5.41) is 15.8. The Balaban J connectivity index is 2.34. The van der Waals surface area contributed by atoms with Crippen LogP contribution in [0.2, 0.25) is 0 Å². The van der Waals surface area contributed by atoms with E-state index in [1.54, 1.807) is 31.2 Å². The fourth-order valence-electron chi connectivity index (χ4n) is 2.17. The van der Waals surface area contributed by atoms with Crippen LogP contribution in [0.4, 0.5) is 4.79 Å². The summed E-state index contributed by atoms with van der Waals surface area (Å²) >= 11 is 0. The van der Waals surface area contributed by atoms with E-state index in [-0.39, 0.29) is 13.2 Å². The summed E-state index contributed by atoms with van der Waals surface area (Å²) < 4.78 is 9.63. The van der Waals surface area contributed by atoms with Gasteiger partial charge in [0, 0.05) is 6.08 Å². The van der Waals surface area contributed by atoms with Crippen molar-refractivity contribution in [1.82, 2.24) is 16.0 Å². The van der Waals surface area contributed by atoms with E-state index < -0.39 is 55.4 Å². The van der Waals surface area contributed by atoms with Crippen LogP contribution in [0.25, 0.3) is 0 Å². The van der Waals surface area contributed by atoms with Crippen molar-refractivity contribution in [2.75, 3.05) is 19.7 Å². The second-order valence-electron chi connectivity index (χ2n) is 6.08. The molecule has 1 rings (SSSR count). The van der Waals surface area contributed by atoms with Gasteiger partial charge in [0.05, 0.1) is 25.6 Å². The van der Waals surface area contributed by atoms with E-state index in [0.717, 1.165) is 11.6 Å². The van der Waals surface area contributed by atoms with E-state index >= 15 is 0 Å². The van der Waals surface area contributed by atoms with Gasteiger partial charge in [0.2, 0.25) is 11.8 Å². The highest BCUT2D eigenvalue weighted by Crippen LogP contribution is 2.00. The molecule has 1 atom stereocenters. The smallest absolute Gasteiger partial charge is 0.407 e. The molecule has 0 aliphatic rings. The first-order valence-corrected chi connectivity index (χ1v) is 9.37. The Hall–Kier alpha value is -3.89. The van der Waals surface area contributed by atoms with Crippen LogP contribution in [0.5, 0.6) is 0 Å². The van der Waals surface area contributed by atoms with E-state index in [0.29, 0.717) is 0 Å². The van der Waals surface area contributed by atoms with E-state index in [9.17, 15) is 24.0 Å². The highest BCUT2D eigenvalue weighted by atomic mass is 16.5. The zero-order valence-corrected chi connectivity index (χ0v) is 17.0. The molecule has 1 aromatic carbocycles. The molecule has 0 aliphatic carbocycles. The lowest BCUT2D eigenvalue weighted by molar-refractivity contribution is -0.138. The summed E-state index contributed by atoms with van der Waals surface area (Å²) in [6.45, 7) is 0.938. The molecule has 3 amide bonds. The van der Waals surface area contributed by atoms with Crippen LogP contribution in [0.1, 0.15) is 18.9 Å². The molecule has 11 nitrogen and oxygen atoms in total. The minimum absolute atomic E-state index is 0.0426. The van der Waals surface area contributed by atoms with Gasteiger partial charge in [0.15, 0.2) is 0 Å². The third-order valence-corrected chi connectivity index (χ3v) is 3.54. The average molecular weight is 435 g/mol. The highest BCUT2D eigenvalue weighted by Gasteiger charge is 2.15. The summed E-state index contributed by atoms with van der Waals surface area (Å²) in [4.78, 5) is 57.5. The van der Waals surface area contributed by atoms with Gasteiger partial charge in [-0.05, 0) is 12.5 Å². The number of esters is 1. The number of rotatable bonds is 12. The monoisotopic (exact) mass is 435 g/mol. The van der Waals surface area contributed by atoms with Crippen molar-refractivity contribution in [3.8, 4) is 0 Å². The number of benzene rings is 1. The molecule has 0 aliphatic heterocycles. The Morgan fingerprint density at radius 3 is 2.32 bits per heavy atom. The molecule has 0 saturated carbocycles. The number of nitrogens with one attached hydrogen (secondary N) is 3. The van der Waals surface area contributed by atoms with Crippen LogP contribution < -0.4 is 16.0 Å². The molecule has 0 aromatic heterocycles. The fourth-order valence-corrected chi connectivity index (χ4v) is 2.17. The lowest BCUT2D eigenvalue weighted by atomic mass is 10.2. The number of carbonyl (C=O) groups is 5. The number of carboxylic acid groups (broad SMARTS) is 1. The zero-order valence-electron chi connectivity index (χ0n) is 17.0. The summed E-state index contributed by atoms with van der Waals surface area (Å²) in [7, 11) is 0. The van der Waals surface area contributed by atoms with Gasteiger partial charge in [-0.3, -0.25) is 14.4 Å². The van der Waals surface area contributed by atoms with Crippen molar-refractivity contribution in [2.45, 2.75) is 26.0 Å². The number of hydrogen-bond acceptors (Lipinski definition) is 7. The standard InChI is InChI=1S/C20H25N3O8/c1-2-30-19(28)9-8-15(10-18(26)27)23-17(25)12-21-16(24)11-22-20(29)31-13-14-6-4-3-5-7-14/h3-9,15H,2,10-13H2,1H3,(H,21,24)(H,22,29)(H,23,25)(H,26,27)/b9-8+/t15-/m1/s1. The SMILES string of the molecule is CCOC(=O)/C=C/[C@H](CC(=O)O)NC(=O)CNC(=O)CNC(=O)OCc1ccccc1. The van der Waals surface area contributed by atoms with Crippen LogP contribution in [0, 0.1) is 0 Å². The Morgan fingerprint density at radius 2 is 1.68 bits per heavy atom. The summed E-state index contributed by atoms with van der Waals surface area (Å²) in [5.74, 6) is -3.20. The van der Waals surface area contributed by atoms with E-state index in [1.165, 1.54) is 6.08 Å². The Kier molecular flexibility index (Phi) is 11.5. The lowest BCUT2D eigenvalue weighted by Gasteiger charge is -2.13. The summed E-state index contributed by atoms with van der Waals surface area (Å²) in [6, 6.07) is 7.99. The number of hydrogen-bond donors (Lipinski definition) is 4. The van der Waals surface area contributed by atoms with Gasteiger partial charge in [-0.1, -0.05) is 36.4 Å². The third kappa shape index (κ3) is 12.3. The van der Waals surface area contributed by atoms with Gasteiger partial charge < -0.3 is 30.5 Å². The first kappa shape index (κ1) is 25.1. The number of ether oxygens (including phenoxy) is 2. The average Bonchev–Trinajstić information content (AvgIpc) is 2.73. The molecular weight excluding hydrogens is 410 g/mol. The van der Waals surface area contributed by atoms with Crippen LogP contribution in [0.15, 0.2) is 42.5 Å². The molecule has 0 saturated heterocycles. The molecule has 11 heteroatoms. The van der Waals surface area contributed by atoms with Gasteiger partial charge in [0.25, 0.3) is 0 Å². The van der Waals surface area contributed by atoms with Gasteiger partial charge in [-0.25, -0.2) is 9.59 Å². The fraction of sp³-hybridized carbons (Fsp3) is 0.350. The number of alkyl carbamates (subject to hydrolysis) is 1. The molecule has 4 N–H and O–H groups in total. The second kappa shape index (κ2) is 14.1. The quantitative estimate of drug-likeness (QED) is 0.266. The van der Waals surface area contributed by atoms with Gasteiger partial charge in [-0.15, -0.1) is 0 Å². The molecule has 0 spiro atoms. The van der Waals surface area contributed by atoms with Crippen molar-refractivity contribution >= 4 is 29.8 Å². The second-order valence-corrected chi connectivity index (χ2v) is 6.08. The Labute approximate surface area is 178 Å². The Bertz CT molecular complexity index is 795. The molecule has 0 fully saturated rings. The largest absolute Gasteiger partial charge is 0.481 e. The zero-order chi connectivity index (χ0) is 23.1. The molecule has 1 aromatic rings. The molecule has 168 valence electrons. The van der Waals surface area contributed by atoms with Gasteiger partial charge >= 0.3 is 18.0 Å². The van der Waals surface area contributed by atoms with Crippen molar-refractivity contribution in [3.63, 3.8) is 0 Å². The van der Waals surface area contributed by atoms with Crippen LogP contribution in [-0.4, -0.2) is 60.7 Å². The van der Waals surface area contributed by atoms with Gasteiger partial charge in [0.1, 0.15) is 13.2 Å². The maximum Gasteiger partial charge on any atom is 0.407 e. The van der Waals surface area contributed by atoms with Crippen molar-refractivity contribution < 1.29 is 38.6 Å². The van der Waals surface area contributed by atoms with Crippen molar-refractivity contribution in [3.05, 3.63) is 48.0 Å². The number of amides is 3. The summed E-state index contributed by atoms with van der Waals surface area (Å²) in [6.07, 6.45) is 0.940. The summed E-state index contributed by atoms with van der Waals surface area (Å²) in [5.41, 5.74) is 0.784. The van der Waals surface area contributed by atoms with Crippen LogP contribution >= 0.6 is 0 Å². The molecule has 31 heavy (non-hydrogen) atoms. The van der Waals surface area contributed by atoms with E-state index in [4.69, 9.17) is 9.84 Å². The van der Waals surface area contributed by atoms with Crippen LogP contribution in [0.3, 0.4) is 0 Å². The molecule has 0 radical (unpaired) electrons. The minimum atomic E-state index is -1.19. The minimum Gasteiger partial charge on any atom is -0.481 e. The topological polar surface area (TPSA) is 160 Å². The molecule has 0 unspecified atom stereocenters. The van der Waals surface area contributed by atoms with E-state index in [2.05, 4.69) is 20.7 Å². The normalized spacial score (nSPS) is 11.3. The first-order chi connectivity index (χ1) is 14.8. The number of carboxylic acids is 1. The lowest BCUT2D eigenvalue weighted by Crippen LogP contribution is -2.44. The maximum absolute atomic E-state index is 11.9. The van der Waals surface area contributed by atoms with Crippen LogP contribution in [-0.2, 0) is 35.3 Å². The molecule has 0 bridgehead atoms. The van der Waals surface area contributed by atoms with Crippen molar-refractivity contribution in [1.29, 1.82) is 0 Å². The first-order valence-electron chi connectivity index (χ1n) is 9.37.